The number of benzene rings is 3. The lowest BCUT2D eigenvalue weighted by Crippen LogP contribution is -2.25. The van der Waals surface area contributed by atoms with Gasteiger partial charge in [-0.2, -0.15) is 0 Å². The molecule has 0 radical (unpaired) electrons. The Morgan fingerprint density at radius 1 is 0.973 bits per heavy atom. The number of aryl methyl sites for hydroxylation is 1. The van der Waals surface area contributed by atoms with Crippen LogP contribution >= 0.6 is 0 Å². The van der Waals surface area contributed by atoms with Crippen molar-refractivity contribution in [3.63, 3.8) is 0 Å². The molecule has 3 aromatic carbocycles. The minimum atomic E-state index is -0.427. The van der Waals surface area contributed by atoms with Gasteiger partial charge in [0, 0.05) is 31.7 Å². The topological polar surface area (TPSA) is 73.9 Å². The number of nitrogens with one attached hydrogen (secondary N) is 1. The van der Waals surface area contributed by atoms with Gasteiger partial charge in [-0.25, -0.2) is 0 Å². The number of Topliss-reactive ketones (excluding diaryl/α,β-unsaturated/α-hetero) is 1. The molecule has 6 nitrogen and oxygen atoms in total. The molecule has 1 amide bonds. The summed E-state index contributed by atoms with van der Waals surface area (Å²) in [7, 11) is 0. The van der Waals surface area contributed by atoms with Crippen molar-refractivity contribution >= 4 is 11.7 Å². The number of ether oxygens (including phenoxy) is 3. The van der Waals surface area contributed by atoms with Crippen LogP contribution in [0.2, 0.25) is 0 Å². The molecule has 37 heavy (non-hydrogen) atoms. The van der Waals surface area contributed by atoms with Crippen molar-refractivity contribution in [1.29, 1.82) is 0 Å². The summed E-state index contributed by atoms with van der Waals surface area (Å²) in [6.45, 7) is 6.17. The fourth-order valence-electron chi connectivity index (χ4n) is 4.92. The third-order valence-corrected chi connectivity index (χ3v) is 7.29. The van der Waals surface area contributed by atoms with E-state index in [2.05, 4.69) is 24.4 Å². The number of rotatable bonds is 11. The van der Waals surface area contributed by atoms with E-state index >= 15 is 0 Å². The first-order chi connectivity index (χ1) is 18.0. The Labute approximate surface area is 217 Å². The highest BCUT2D eigenvalue weighted by Gasteiger charge is 2.50. The standard InChI is InChI=1S/C31H33NO5/c1-3-35-16-4-15-32-30(34)24-9-7-23(8-10-24)26-17-22(6-5-21(26)2)18-29(33)31(13-14-31)25-11-12-27-28(19-25)37-20-36-27/h5-12,17,19H,3-4,13-16,18,20H2,1-2H3,(H,32,34). The van der Waals surface area contributed by atoms with E-state index < -0.39 is 5.41 Å². The van der Waals surface area contributed by atoms with Crippen molar-refractivity contribution in [3.05, 3.63) is 82.9 Å². The summed E-state index contributed by atoms with van der Waals surface area (Å²) in [4.78, 5) is 25.9. The minimum Gasteiger partial charge on any atom is -0.454 e. The maximum atomic E-state index is 13.5. The Bertz CT molecular complexity index is 1290. The number of ketones is 1. The van der Waals surface area contributed by atoms with Gasteiger partial charge in [0.1, 0.15) is 5.78 Å². The second kappa shape index (κ2) is 10.8. The fraction of sp³-hybridized carbons (Fsp3) is 0.355. The molecule has 1 saturated carbocycles. The summed E-state index contributed by atoms with van der Waals surface area (Å²) in [5.41, 5.74) is 5.43. The first kappa shape index (κ1) is 25.0. The zero-order chi connectivity index (χ0) is 25.8. The molecule has 1 aliphatic heterocycles. The van der Waals surface area contributed by atoms with Gasteiger partial charge in [-0.3, -0.25) is 9.59 Å². The SMILES string of the molecule is CCOCCCNC(=O)c1ccc(-c2cc(CC(=O)C3(c4ccc5c(c4)OCO5)CC3)ccc2C)cc1. The lowest BCUT2D eigenvalue weighted by atomic mass is 9.87. The van der Waals surface area contributed by atoms with Crippen molar-refractivity contribution in [1.82, 2.24) is 5.32 Å². The Morgan fingerprint density at radius 3 is 2.51 bits per heavy atom. The molecule has 0 aromatic heterocycles. The van der Waals surface area contributed by atoms with Gasteiger partial charge >= 0.3 is 0 Å². The van der Waals surface area contributed by atoms with Gasteiger partial charge in [-0.1, -0.05) is 36.4 Å². The molecule has 1 heterocycles. The van der Waals surface area contributed by atoms with Crippen molar-refractivity contribution < 1.29 is 23.8 Å². The van der Waals surface area contributed by atoms with Crippen molar-refractivity contribution in [2.24, 2.45) is 0 Å². The van der Waals surface area contributed by atoms with Crippen LogP contribution in [0.4, 0.5) is 0 Å². The van der Waals surface area contributed by atoms with Gasteiger partial charge in [-0.15, -0.1) is 0 Å². The smallest absolute Gasteiger partial charge is 0.251 e. The van der Waals surface area contributed by atoms with E-state index in [1.54, 1.807) is 0 Å². The molecular formula is C31H33NO5. The average molecular weight is 500 g/mol. The first-order valence-corrected chi connectivity index (χ1v) is 13.0. The second-order valence-corrected chi connectivity index (χ2v) is 9.78. The summed E-state index contributed by atoms with van der Waals surface area (Å²) in [6.07, 6.45) is 2.89. The summed E-state index contributed by atoms with van der Waals surface area (Å²) >= 11 is 0. The van der Waals surface area contributed by atoms with Crippen LogP contribution in [0.1, 0.15) is 53.2 Å². The number of carbonyl (C=O) groups excluding carboxylic acids is 2. The predicted octanol–water partition coefficient (Wildman–Crippen LogP) is 5.39. The van der Waals surface area contributed by atoms with Crippen LogP contribution in [0.3, 0.4) is 0 Å². The van der Waals surface area contributed by atoms with Crippen molar-refractivity contribution in [2.75, 3.05) is 26.6 Å². The van der Waals surface area contributed by atoms with Gasteiger partial charge in [0.05, 0.1) is 5.41 Å². The normalized spacial score (nSPS) is 14.9. The number of fused-ring (bicyclic) bond motifs is 1. The zero-order valence-electron chi connectivity index (χ0n) is 21.5. The number of amides is 1. The van der Waals surface area contributed by atoms with Crippen LogP contribution < -0.4 is 14.8 Å². The third-order valence-electron chi connectivity index (χ3n) is 7.29. The predicted molar refractivity (Wildman–Crippen MR) is 142 cm³/mol. The molecule has 0 atom stereocenters. The molecule has 5 rings (SSSR count). The molecule has 6 heteroatoms. The Kier molecular flexibility index (Phi) is 7.28. The van der Waals surface area contributed by atoms with Crippen molar-refractivity contribution in [2.45, 2.75) is 44.9 Å². The molecule has 0 bridgehead atoms. The number of carbonyl (C=O) groups is 2. The van der Waals surface area contributed by atoms with E-state index in [0.717, 1.165) is 58.6 Å². The molecular weight excluding hydrogens is 466 g/mol. The average Bonchev–Trinajstić information content (AvgIpc) is 3.60. The number of hydrogen-bond acceptors (Lipinski definition) is 5. The number of hydrogen-bond donors (Lipinski definition) is 1. The van der Waals surface area contributed by atoms with Gasteiger partial charge < -0.3 is 19.5 Å². The van der Waals surface area contributed by atoms with E-state index in [1.165, 1.54) is 0 Å². The summed E-state index contributed by atoms with van der Waals surface area (Å²) in [5.74, 6) is 1.60. The van der Waals surface area contributed by atoms with E-state index in [0.29, 0.717) is 31.7 Å². The molecule has 3 aromatic rings. The molecule has 0 unspecified atom stereocenters. The van der Waals surface area contributed by atoms with Crippen LogP contribution in [0.5, 0.6) is 11.5 Å². The maximum absolute atomic E-state index is 13.5. The lowest BCUT2D eigenvalue weighted by molar-refractivity contribution is -0.120. The minimum absolute atomic E-state index is 0.0858. The Hall–Kier alpha value is -3.64. The highest BCUT2D eigenvalue weighted by molar-refractivity contribution is 5.95. The quantitative estimate of drug-likeness (QED) is 0.358. The first-order valence-electron chi connectivity index (χ1n) is 13.0. The van der Waals surface area contributed by atoms with Crippen LogP contribution in [-0.2, 0) is 21.4 Å². The van der Waals surface area contributed by atoms with E-state index in [9.17, 15) is 9.59 Å². The molecule has 192 valence electrons. The molecule has 0 saturated heterocycles. The molecule has 2 aliphatic rings. The Morgan fingerprint density at radius 2 is 1.76 bits per heavy atom. The van der Waals surface area contributed by atoms with Crippen LogP contribution in [0.15, 0.2) is 60.7 Å². The monoisotopic (exact) mass is 499 g/mol. The van der Waals surface area contributed by atoms with E-state index in [4.69, 9.17) is 14.2 Å². The second-order valence-electron chi connectivity index (χ2n) is 9.78. The highest BCUT2D eigenvalue weighted by Crippen LogP contribution is 2.51. The summed E-state index contributed by atoms with van der Waals surface area (Å²) < 4.78 is 16.3. The third kappa shape index (κ3) is 5.39. The van der Waals surface area contributed by atoms with Crippen molar-refractivity contribution in [3.8, 4) is 22.6 Å². The van der Waals surface area contributed by atoms with Gasteiger partial charge in [0.15, 0.2) is 11.5 Å². The zero-order valence-corrected chi connectivity index (χ0v) is 21.5. The van der Waals surface area contributed by atoms with Gasteiger partial charge in [0.25, 0.3) is 5.91 Å². The van der Waals surface area contributed by atoms with Crippen LogP contribution in [0.25, 0.3) is 11.1 Å². The maximum Gasteiger partial charge on any atom is 0.251 e. The molecule has 1 aliphatic carbocycles. The Balaban J connectivity index is 1.26. The van der Waals surface area contributed by atoms with Crippen LogP contribution in [-0.4, -0.2) is 38.2 Å². The molecule has 1 N–H and O–H groups in total. The van der Waals surface area contributed by atoms with E-state index in [-0.39, 0.29) is 18.5 Å². The molecule has 1 fully saturated rings. The largest absolute Gasteiger partial charge is 0.454 e. The fourth-order valence-corrected chi connectivity index (χ4v) is 4.92. The highest BCUT2D eigenvalue weighted by atomic mass is 16.7. The van der Waals surface area contributed by atoms with Gasteiger partial charge in [0.2, 0.25) is 6.79 Å². The molecule has 0 spiro atoms. The summed E-state index contributed by atoms with van der Waals surface area (Å²) in [6, 6.07) is 19.7. The lowest BCUT2D eigenvalue weighted by Gasteiger charge is -2.16. The van der Waals surface area contributed by atoms with Crippen LogP contribution in [0, 0.1) is 6.92 Å². The van der Waals surface area contributed by atoms with Gasteiger partial charge in [-0.05, 0) is 85.2 Å². The van der Waals surface area contributed by atoms with E-state index in [1.807, 2.05) is 55.5 Å². The summed E-state index contributed by atoms with van der Waals surface area (Å²) in [5, 5.41) is 2.94.